The lowest BCUT2D eigenvalue weighted by atomic mass is 9.84. The maximum Gasteiger partial charge on any atom is 0.339 e. The Morgan fingerprint density at radius 1 is 1.21 bits per heavy atom. The molecule has 7 nitrogen and oxygen atoms in total. The molecule has 24 heavy (non-hydrogen) atoms. The van der Waals surface area contributed by atoms with E-state index in [4.69, 9.17) is 14.7 Å². The number of carbonyl (C=O) groups is 2. The number of carbonyl (C=O) groups excluding carboxylic acids is 2. The van der Waals surface area contributed by atoms with Crippen LogP contribution in [0.15, 0.2) is 48.5 Å². The van der Waals surface area contributed by atoms with Crippen LogP contribution in [0.4, 0.5) is 5.69 Å². The molecule has 2 N–H and O–H groups in total. The van der Waals surface area contributed by atoms with E-state index in [9.17, 15) is 14.8 Å². The van der Waals surface area contributed by atoms with Gasteiger partial charge in [-0.25, -0.2) is 10.0 Å². The van der Waals surface area contributed by atoms with Gasteiger partial charge in [0.05, 0.1) is 12.7 Å². The molecule has 1 aliphatic rings. The van der Waals surface area contributed by atoms with Crippen LogP contribution >= 0.6 is 0 Å². The van der Waals surface area contributed by atoms with E-state index in [1.165, 1.54) is 31.4 Å². The van der Waals surface area contributed by atoms with Gasteiger partial charge < -0.3 is 14.7 Å². The van der Waals surface area contributed by atoms with Crippen molar-refractivity contribution in [3.63, 3.8) is 0 Å². The second kappa shape index (κ2) is 6.40. The number of fused-ring (bicyclic) bond motifs is 1. The summed E-state index contributed by atoms with van der Waals surface area (Å²) in [5.41, 5.74) is 1.49. The van der Waals surface area contributed by atoms with Crippen LogP contribution in [0.3, 0.4) is 0 Å². The Kier molecular flexibility index (Phi) is 4.30. The Hall–Kier alpha value is -2.74. The molecule has 0 bridgehead atoms. The number of hydrogen-bond donors (Lipinski definition) is 2. The SMILES string of the molecule is COC(=O)[C@@H]1c2ccccc2C(=O)O[C@@H]1c1ccc([NH+]([O-])O)cc1. The van der Waals surface area contributed by atoms with Gasteiger partial charge in [0.1, 0.15) is 12.0 Å². The third-order valence-corrected chi connectivity index (χ3v) is 3.99. The molecule has 0 amide bonds. The topological polar surface area (TPSA) is 100 Å². The van der Waals surface area contributed by atoms with Crippen molar-refractivity contribution in [2.24, 2.45) is 0 Å². The molecule has 2 aromatic carbocycles. The van der Waals surface area contributed by atoms with Crippen molar-refractivity contribution in [1.82, 2.24) is 0 Å². The van der Waals surface area contributed by atoms with Crippen LogP contribution in [0, 0.1) is 5.21 Å². The van der Waals surface area contributed by atoms with Crippen molar-refractivity contribution < 1.29 is 29.5 Å². The molecule has 0 aromatic heterocycles. The third-order valence-electron chi connectivity index (χ3n) is 3.99. The second-order valence-electron chi connectivity index (χ2n) is 5.34. The zero-order valence-corrected chi connectivity index (χ0v) is 12.8. The van der Waals surface area contributed by atoms with Gasteiger partial charge in [-0.15, -0.1) is 0 Å². The number of methoxy groups -OCH3 is 1. The Labute approximate surface area is 137 Å². The van der Waals surface area contributed by atoms with Gasteiger partial charge in [-0.1, -0.05) is 18.2 Å². The number of hydrogen-bond acceptors (Lipinski definition) is 6. The van der Waals surface area contributed by atoms with Crippen LogP contribution in [0.25, 0.3) is 0 Å². The highest BCUT2D eigenvalue weighted by atomic mass is 16.8. The van der Waals surface area contributed by atoms with Crippen molar-refractivity contribution in [3.8, 4) is 0 Å². The third kappa shape index (κ3) is 2.76. The summed E-state index contributed by atoms with van der Waals surface area (Å²) in [5, 5.41) is 18.9. The Bertz CT molecular complexity index is 771. The zero-order valence-electron chi connectivity index (χ0n) is 12.8. The number of rotatable bonds is 3. The lowest BCUT2D eigenvalue weighted by Gasteiger charge is -2.31. The first kappa shape index (κ1) is 16.1. The first-order valence-corrected chi connectivity index (χ1v) is 7.24. The largest absolute Gasteiger partial charge is 0.595 e. The minimum atomic E-state index is -1.06. The van der Waals surface area contributed by atoms with Crippen LogP contribution in [-0.2, 0) is 14.3 Å². The molecule has 3 atom stereocenters. The molecule has 2 aromatic rings. The Balaban J connectivity index is 2.06. The standard InChI is InChI=1S/C17H15NO6/c1-23-17(20)14-12-4-2-3-5-13(12)16(19)24-15(14)10-6-8-11(9-7-10)18(21)22/h2-9,14-15,18,21H,1H3/t14-,15-/m1/s1. The van der Waals surface area contributed by atoms with E-state index in [0.717, 1.165) is 0 Å². The van der Waals surface area contributed by atoms with Crippen LogP contribution in [0.5, 0.6) is 0 Å². The molecule has 0 radical (unpaired) electrons. The summed E-state index contributed by atoms with van der Waals surface area (Å²) in [7, 11) is 1.27. The molecule has 1 heterocycles. The monoisotopic (exact) mass is 329 g/mol. The highest BCUT2D eigenvalue weighted by molar-refractivity contribution is 5.96. The highest BCUT2D eigenvalue weighted by Crippen LogP contribution is 2.41. The van der Waals surface area contributed by atoms with E-state index in [1.54, 1.807) is 24.3 Å². The zero-order chi connectivity index (χ0) is 17.3. The molecular weight excluding hydrogens is 314 g/mol. The molecule has 0 fully saturated rings. The normalized spacial score (nSPS) is 20.7. The fraction of sp³-hybridized carbons (Fsp3) is 0.176. The lowest BCUT2D eigenvalue weighted by Crippen LogP contribution is -2.99. The first-order valence-electron chi connectivity index (χ1n) is 7.24. The summed E-state index contributed by atoms with van der Waals surface area (Å²) in [4.78, 5) is 24.5. The number of esters is 2. The molecule has 0 saturated heterocycles. The minimum Gasteiger partial charge on any atom is -0.595 e. The van der Waals surface area contributed by atoms with E-state index in [2.05, 4.69) is 0 Å². The van der Waals surface area contributed by atoms with Crippen molar-refractivity contribution in [1.29, 1.82) is 0 Å². The molecule has 0 saturated carbocycles. The predicted molar refractivity (Wildman–Crippen MR) is 81.6 cm³/mol. The molecule has 124 valence electrons. The quantitative estimate of drug-likeness (QED) is 0.649. The van der Waals surface area contributed by atoms with E-state index < -0.39 is 29.2 Å². The van der Waals surface area contributed by atoms with Crippen molar-refractivity contribution in [2.45, 2.75) is 12.0 Å². The van der Waals surface area contributed by atoms with Crippen LogP contribution < -0.4 is 5.23 Å². The molecule has 1 unspecified atom stereocenters. The van der Waals surface area contributed by atoms with Crippen LogP contribution in [0.1, 0.15) is 33.5 Å². The fourth-order valence-electron chi connectivity index (χ4n) is 2.82. The molecule has 3 rings (SSSR count). The maximum atomic E-state index is 12.3. The lowest BCUT2D eigenvalue weighted by molar-refractivity contribution is -0.991. The highest BCUT2D eigenvalue weighted by Gasteiger charge is 2.41. The summed E-state index contributed by atoms with van der Waals surface area (Å²) in [6.07, 6.45) is -0.873. The molecule has 7 heteroatoms. The number of nitrogens with one attached hydrogen (secondary N) is 1. The number of ether oxygens (including phenoxy) is 2. The van der Waals surface area contributed by atoms with Gasteiger partial charge in [-0.05, 0) is 29.3 Å². The van der Waals surface area contributed by atoms with Gasteiger partial charge in [0.2, 0.25) is 0 Å². The minimum absolute atomic E-state index is 0.107. The molecular formula is C17H15NO6. The molecule has 0 spiro atoms. The maximum absolute atomic E-state index is 12.3. The first-order chi connectivity index (χ1) is 11.5. The van der Waals surface area contributed by atoms with Gasteiger partial charge >= 0.3 is 11.9 Å². The predicted octanol–water partition coefficient (Wildman–Crippen LogP) is 1.26. The fourth-order valence-corrected chi connectivity index (χ4v) is 2.82. The van der Waals surface area contributed by atoms with E-state index in [1.807, 2.05) is 0 Å². The van der Waals surface area contributed by atoms with Crippen LogP contribution in [0.2, 0.25) is 0 Å². The van der Waals surface area contributed by atoms with Gasteiger partial charge in [-0.2, -0.15) is 5.23 Å². The van der Waals surface area contributed by atoms with Crippen molar-refractivity contribution in [2.75, 3.05) is 7.11 Å². The van der Waals surface area contributed by atoms with Gasteiger partial charge in [-0.3, -0.25) is 4.79 Å². The van der Waals surface area contributed by atoms with Crippen molar-refractivity contribution in [3.05, 3.63) is 70.4 Å². The average Bonchev–Trinajstić information content (AvgIpc) is 2.61. The number of benzene rings is 2. The molecule has 1 aliphatic heterocycles. The summed E-state index contributed by atoms with van der Waals surface area (Å²) in [6, 6.07) is 12.6. The summed E-state index contributed by atoms with van der Waals surface area (Å²) in [5.74, 6) is -1.86. The summed E-state index contributed by atoms with van der Waals surface area (Å²) < 4.78 is 10.3. The molecule has 0 aliphatic carbocycles. The van der Waals surface area contributed by atoms with Gasteiger partial charge in [0.25, 0.3) is 0 Å². The second-order valence-corrected chi connectivity index (χ2v) is 5.34. The average molecular weight is 329 g/mol. The van der Waals surface area contributed by atoms with Gasteiger partial charge in [0, 0.05) is 12.1 Å². The van der Waals surface area contributed by atoms with E-state index in [0.29, 0.717) is 16.7 Å². The number of cyclic esters (lactones) is 1. The van der Waals surface area contributed by atoms with E-state index in [-0.39, 0.29) is 5.69 Å². The van der Waals surface area contributed by atoms with Gasteiger partial charge in [0.15, 0.2) is 5.69 Å². The summed E-state index contributed by atoms with van der Waals surface area (Å²) >= 11 is 0. The van der Waals surface area contributed by atoms with Crippen LogP contribution in [-0.4, -0.2) is 24.3 Å². The smallest absolute Gasteiger partial charge is 0.339 e. The Morgan fingerprint density at radius 2 is 1.88 bits per heavy atom. The van der Waals surface area contributed by atoms with Crippen molar-refractivity contribution >= 4 is 17.6 Å². The van der Waals surface area contributed by atoms with E-state index >= 15 is 0 Å². The Morgan fingerprint density at radius 3 is 2.50 bits per heavy atom. The number of quaternary nitrogens is 1. The summed E-state index contributed by atoms with van der Waals surface area (Å²) in [6.45, 7) is 0.